The van der Waals surface area contributed by atoms with E-state index in [2.05, 4.69) is 47.6 Å². The van der Waals surface area contributed by atoms with E-state index in [1.54, 1.807) is 11.8 Å². The second-order valence-electron chi connectivity index (χ2n) is 5.78. The van der Waals surface area contributed by atoms with Gasteiger partial charge in [-0.2, -0.15) is 0 Å². The van der Waals surface area contributed by atoms with Crippen molar-refractivity contribution in [1.29, 1.82) is 0 Å². The number of hydrogen-bond acceptors (Lipinski definition) is 6. The van der Waals surface area contributed by atoms with Gasteiger partial charge in [-0.25, -0.2) is 0 Å². The molecule has 1 aromatic carbocycles. The van der Waals surface area contributed by atoms with Crippen molar-refractivity contribution < 1.29 is 4.79 Å². The summed E-state index contributed by atoms with van der Waals surface area (Å²) in [4.78, 5) is 11.9. The fourth-order valence-electron chi connectivity index (χ4n) is 2.81. The summed E-state index contributed by atoms with van der Waals surface area (Å²) >= 11 is 3.10. The third-order valence-electron chi connectivity index (χ3n) is 4.12. The van der Waals surface area contributed by atoms with Crippen molar-refractivity contribution >= 4 is 39.7 Å². The Labute approximate surface area is 145 Å². The highest BCUT2D eigenvalue weighted by Crippen LogP contribution is 2.36. The van der Waals surface area contributed by atoms with Crippen molar-refractivity contribution in [2.24, 2.45) is 0 Å². The number of Topliss-reactive ketones (excluding diaryl/α,β-unsaturated/α-hetero) is 1. The van der Waals surface area contributed by atoms with Crippen LogP contribution in [0.5, 0.6) is 0 Å². The summed E-state index contributed by atoms with van der Waals surface area (Å²) in [5, 5.41) is 12.7. The van der Waals surface area contributed by atoms with E-state index in [4.69, 9.17) is 0 Å². The predicted octanol–water partition coefficient (Wildman–Crippen LogP) is 4.76. The van der Waals surface area contributed by atoms with Crippen molar-refractivity contribution in [2.45, 2.75) is 55.5 Å². The van der Waals surface area contributed by atoms with Gasteiger partial charge in [0, 0.05) is 12.1 Å². The van der Waals surface area contributed by atoms with Gasteiger partial charge in [-0.15, -0.1) is 10.2 Å². The Hall–Kier alpha value is -1.40. The highest BCUT2D eigenvalue weighted by molar-refractivity contribution is 8.02. The van der Waals surface area contributed by atoms with E-state index in [9.17, 15) is 4.79 Å². The lowest BCUT2D eigenvalue weighted by atomic mass is 9.99. The number of hydrogen-bond donors (Lipinski definition) is 1. The molecule has 0 amide bonds. The van der Waals surface area contributed by atoms with Crippen LogP contribution >= 0.6 is 23.1 Å². The Morgan fingerprint density at radius 2 is 2.22 bits per heavy atom. The molecular formula is C17H21N3OS2. The van der Waals surface area contributed by atoms with Gasteiger partial charge in [0.05, 0.1) is 5.25 Å². The molecule has 2 aromatic rings. The zero-order valence-corrected chi connectivity index (χ0v) is 15.1. The van der Waals surface area contributed by atoms with E-state index < -0.39 is 0 Å². The molecule has 4 nitrogen and oxygen atoms in total. The quantitative estimate of drug-likeness (QED) is 0.845. The smallest absolute Gasteiger partial charge is 0.210 e. The molecule has 1 aliphatic rings. The maximum Gasteiger partial charge on any atom is 0.210 e. The first kappa shape index (κ1) is 16.5. The number of nitrogens with zero attached hydrogens (tertiary/aromatic N) is 2. The first-order chi connectivity index (χ1) is 11.2. The van der Waals surface area contributed by atoms with Crippen molar-refractivity contribution in [3.8, 4) is 0 Å². The largest absolute Gasteiger partial charge is 0.330 e. The van der Waals surface area contributed by atoms with E-state index in [0.717, 1.165) is 40.8 Å². The van der Waals surface area contributed by atoms with Crippen LogP contribution in [0.15, 0.2) is 22.5 Å². The van der Waals surface area contributed by atoms with Gasteiger partial charge in [-0.3, -0.25) is 4.79 Å². The highest BCUT2D eigenvalue weighted by atomic mass is 32.2. The maximum absolute atomic E-state index is 11.9. The Morgan fingerprint density at radius 1 is 1.35 bits per heavy atom. The van der Waals surface area contributed by atoms with Crippen molar-refractivity contribution in [1.82, 2.24) is 10.2 Å². The average Bonchev–Trinajstić information content (AvgIpc) is 2.99. The number of rotatable bonds is 5. The van der Waals surface area contributed by atoms with Crippen LogP contribution < -0.4 is 5.32 Å². The van der Waals surface area contributed by atoms with Gasteiger partial charge in [0.25, 0.3) is 0 Å². The molecule has 1 aromatic heterocycles. The van der Waals surface area contributed by atoms with E-state index >= 15 is 0 Å². The first-order valence-corrected chi connectivity index (χ1v) is 9.75. The van der Waals surface area contributed by atoms with Crippen molar-refractivity contribution in [2.75, 3.05) is 5.32 Å². The predicted molar refractivity (Wildman–Crippen MR) is 96.9 cm³/mol. The van der Waals surface area contributed by atoms with E-state index in [1.165, 1.54) is 22.5 Å². The molecule has 0 radical (unpaired) electrons. The molecule has 0 saturated heterocycles. The summed E-state index contributed by atoms with van der Waals surface area (Å²) in [5.74, 6) is 0.359. The number of benzene rings is 1. The van der Waals surface area contributed by atoms with Crippen LogP contribution in [0.1, 0.15) is 43.7 Å². The molecule has 1 atom stereocenters. The lowest BCUT2D eigenvalue weighted by Crippen LogP contribution is -2.21. The highest BCUT2D eigenvalue weighted by Gasteiger charge is 2.24. The molecule has 3 rings (SSSR count). The number of carbonyl (C=O) groups excluding carboxylic acids is 1. The Bertz CT molecular complexity index is 699. The zero-order chi connectivity index (χ0) is 16.2. The molecule has 0 spiro atoms. The van der Waals surface area contributed by atoms with Crippen LogP contribution in [-0.2, 0) is 11.2 Å². The molecule has 1 N–H and O–H groups in total. The SMILES string of the molecule is CCc1cccc(C)c1Nc1nnc(SC2CCCCC2=O)s1. The molecule has 0 bridgehead atoms. The summed E-state index contributed by atoms with van der Waals surface area (Å²) < 4.78 is 0.874. The van der Waals surface area contributed by atoms with E-state index in [1.807, 2.05) is 0 Å². The van der Waals surface area contributed by atoms with Crippen LogP contribution in [0.2, 0.25) is 0 Å². The number of para-hydroxylation sites is 1. The van der Waals surface area contributed by atoms with Crippen LogP contribution in [0.4, 0.5) is 10.8 Å². The van der Waals surface area contributed by atoms with E-state index in [0.29, 0.717) is 12.2 Å². The number of nitrogens with one attached hydrogen (secondary N) is 1. The van der Waals surface area contributed by atoms with Gasteiger partial charge >= 0.3 is 0 Å². The molecular weight excluding hydrogens is 326 g/mol. The van der Waals surface area contributed by atoms with Crippen LogP contribution in [0.25, 0.3) is 0 Å². The summed E-state index contributed by atoms with van der Waals surface area (Å²) in [6, 6.07) is 6.31. The third kappa shape index (κ3) is 3.93. The Balaban J connectivity index is 1.71. The van der Waals surface area contributed by atoms with Gasteiger partial charge < -0.3 is 5.32 Å². The second-order valence-corrected chi connectivity index (χ2v) is 8.21. The molecule has 1 fully saturated rings. The van der Waals surface area contributed by atoms with Gasteiger partial charge in [-0.1, -0.05) is 54.6 Å². The van der Waals surface area contributed by atoms with Gasteiger partial charge in [-0.05, 0) is 37.3 Å². The van der Waals surface area contributed by atoms with Crippen LogP contribution in [0, 0.1) is 6.92 Å². The number of carbonyl (C=O) groups is 1. The Morgan fingerprint density at radius 3 is 3.00 bits per heavy atom. The molecule has 1 unspecified atom stereocenters. The minimum Gasteiger partial charge on any atom is -0.330 e. The molecule has 1 heterocycles. The lowest BCUT2D eigenvalue weighted by molar-refractivity contribution is -0.119. The van der Waals surface area contributed by atoms with E-state index in [-0.39, 0.29) is 5.25 Å². The molecule has 6 heteroatoms. The number of ketones is 1. The van der Waals surface area contributed by atoms with Crippen LogP contribution in [-0.4, -0.2) is 21.2 Å². The first-order valence-electron chi connectivity index (χ1n) is 8.05. The second kappa shape index (κ2) is 7.45. The minimum absolute atomic E-state index is 0.0641. The normalized spacial score (nSPS) is 18.2. The standard InChI is InChI=1S/C17H21N3OS2/c1-3-12-8-6-7-11(2)15(12)18-16-19-20-17(23-16)22-14-10-5-4-9-13(14)21/h6-8,14H,3-5,9-10H2,1-2H3,(H,18,19). The van der Waals surface area contributed by atoms with Crippen molar-refractivity contribution in [3.63, 3.8) is 0 Å². The minimum atomic E-state index is 0.0641. The molecule has 1 saturated carbocycles. The fourth-order valence-corrected chi connectivity index (χ4v) is 4.94. The summed E-state index contributed by atoms with van der Waals surface area (Å²) in [6.45, 7) is 4.24. The zero-order valence-electron chi connectivity index (χ0n) is 13.5. The summed E-state index contributed by atoms with van der Waals surface area (Å²) in [7, 11) is 0. The number of anilines is 2. The van der Waals surface area contributed by atoms with Gasteiger partial charge in [0.15, 0.2) is 4.34 Å². The van der Waals surface area contributed by atoms with Gasteiger partial charge in [0.2, 0.25) is 5.13 Å². The number of aryl methyl sites for hydroxylation is 2. The summed E-state index contributed by atoms with van der Waals surface area (Å²) in [6.07, 6.45) is 4.82. The average molecular weight is 348 g/mol. The third-order valence-corrected chi connectivity index (χ3v) is 6.36. The van der Waals surface area contributed by atoms with Gasteiger partial charge in [0.1, 0.15) is 5.78 Å². The molecule has 23 heavy (non-hydrogen) atoms. The molecule has 1 aliphatic carbocycles. The fraction of sp³-hybridized carbons (Fsp3) is 0.471. The number of aromatic nitrogens is 2. The monoisotopic (exact) mass is 347 g/mol. The topological polar surface area (TPSA) is 54.9 Å². The summed E-state index contributed by atoms with van der Waals surface area (Å²) in [5.41, 5.74) is 3.60. The lowest BCUT2D eigenvalue weighted by Gasteiger charge is -2.18. The Kier molecular flexibility index (Phi) is 5.33. The van der Waals surface area contributed by atoms with Crippen molar-refractivity contribution in [3.05, 3.63) is 29.3 Å². The van der Waals surface area contributed by atoms with Crippen LogP contribution in [0.3, 0.4) is 0 Å². The number of thioether (sulfide) groups is 1. The molecule has 122 valence electrons. The maximum atomic E-state index is 11.9. The molecule has 0 aliphatic heterocycles.